The topological polar surface area (TPSA) is 120 Å². The lowest BCUT2D eigenvalue weighted by Crippen LogP contribution is -2.66. The molecule has 0 aliphatic carbocycles. The highest BCUT2D eigenvalue weighted by Crippen LogP contribution is 2.36. The van der Waals surface area contributed by atoms with Gasteiger partial charge in [-0.1, -0.05) is 133 Å². The Hall–Kier alpha value is -1.86. The zero-order valence-corrected chi connectivity index (χ0v) is 41.4. The highest BCUT2D eigenvalue weighted by molar-refractivity contribution is 6.99. The zero-order chi connectivity index (χ0) is 45.8. The Morgan fingerprint density at radius 2 is 0.531 bits per heavy atom. The van der Waals surface area contributed by atoms with Crippen molar-refractivity contribution in [3.63, 3.8) is 0 Å². The summed E-state index contributed by atoms with van der Waals surface area (Å²) in [5.74, 6) is 0. The molecule has 0 amide bonds. The zero-order valence-electron chi connectivity index (χ0n) is 40.4. The van der Waals surface area contributed by atoms with Crippen molar-refractivity contribution in [1.29, 1.82) is 0 Å². The van der Waals surface area contributed by atoms with Gasteiger partial charge in [0.05, 0.1) is 159 Å². The molecular weight excluding hydrogens is 837 g/mol. The van der Waals surface area contributed by atoms with Crippen LogP contribution in [0.4, 0.5) is 0 Å². The van der Waals surface area contributed by atoms with Gasteiger partial charge in [0, 0.05) is 6.61 Å². The predicted octanol–water partition coefficient (Wildman–Crippen LogP) is 6.90. The normalized spacial score (nSPS) is 12.1. The van der Waals surface area contributed by atoms with E-state index < -0.39 is 8.32 Å². The van der Waals surface area contributed by atoms with E-state index in [4.69, 9.17) is 61.3 Å². The Labute approximate surface area is 388 Å². The van der Waals surface area contributed by atoms with Crippen LogP contribution in [0.3, 0.4) is 0 Å². The number of unbranched alkanes of at least 4 members (excludes halogenated alkanes) is 7. The van der Waals surface area contributed by atoms with Crippen molar-refractivity contribution in [3.8, 4) is 0 Å². The van der Waals surface area contributed by atoms with Gasteiger partial charge in [-0.15, -0.1) is 0 Å². The molecule has 0 radical (unpaired) electrons. The number of hydrogen-bond acceptors (Lipinski definition) is 13. The predicted molar refractivity (Wildman–Crippen MR) is 256 cm³/mol. The van der Waals surface area contributed by atoms with E-state index in [0.29, 0.717) is 159 Å². The van der Waals surface area contributed by atoms with Gasteiger partial charge in [-0.3, -0.25) is 0 Å². The van der Waals surface area contributed by atoms with E-state index in [2.05, 4.69) is 88.4 Å². The highest BCUT2D eigenvalue weighted by atomic mass is 28.4. The Kier molecular flexibility index (Phi) is 38.7. The van der Waals surface area contributed by atoms with Gasteiger partial charge in [-0.25, -0.2) is 0 Å². The molecule has 64 heavy (non-hydrogen) atoms. The first-order valence-electron chi connectivity index (χ1n) is 24.2. The average molecular weight is 925 g/mol. The van der Waals surface area contributed by atoms with E-state index in [0.717, 1.165) is 13.0 Å². The van der Waals surface area contributed by atoms with E-state index in [1.165, 1.54) is 55.3 Å². The van der Waals surface area contributed by atoms with Gasteiger partial charge in [0.1, 0.15) is 0 Å². The fourth-order valence-electron chi connectivity index (χ4n) is 6.87. The van der Waals surface area contributed by atoms with Gasteiger partial charge in [-0.05, 0) is 21.8 Å². The van der Waals surface area contributed by atoms with Crippen LogP contribution in [0.15, 0.2) is 60.7 Å². The standard InChI is InChI=1S/C50H88O13Si/c1-5-6-7-8-9-10-11-18-23-51-24-25-52-26-27-53-28-29-54-30-31-55-32-33-56-34-35-57-36-37-58-38-39-59-40-41-60-42-43-61-44-45-62-46-47-63-64(50(2,3)4,48-19-14-12-15-20-48)49-21-16-13-17-22-49/h12-17,19-22H,5-11,18,23-47H2,1-4H3. The molecule has 2 aromatic rings. The summed E-state index contributed by atoms with van der Waals surface area (Å²) in [6, 6.07) is 21.3. The molecule has 0 bridgehead atoms. The fourth-order valence-corrected chi connectivity index (χ4v) is 11.4. The van der Waals surface area contributed by atoms with Gasteiger partial charge >= 0.3 is 0 Å². The van der Waals surface area contributed by atoms with Crippen molar-refractivity contribution in [2.75, 3.05) is 165 Å². The third kappa shape index (κ3) is 30.4. The molecule has 0 heterocycles. The lowest BCUT2D eigenvalue weighted by Gasteiger charge is -2.43. The summed E-state index contributed by atoms with van der Waals surface area (Å²) in [7, 11) is -2.54. The molecule has 14 heteroatoms. The SMILES string of the molecule is CCCCCCCCCCOCCOCCOCCOCCOCCOCCOCCOCCOCCOCCOCCOCCO[Si](c1ccccc1)(c1ccccc1)C(C)(C)C. The second-order valence-electron chi connectivity index (χ2n) is 16.3. The van der Waals surface area contributed by atoms with E-state index in [1.54, 1.807) is 0 Å². The van der Waals surface area contributed by atoms with Crippen molar-refractivity contribution >= 4 is 18.7 Å². The monoisotopic (exact) mass is 925 g/mol. The quantitative estimate of drug-likeness (QED) is 0.0506. The largest absolute Gasteiger partial charge is 0.405 e. The molecule has 0 saturated heterocycles. The molecule has 0 atom stereocenters. The van der Waals surface area contributed by atoms with Crippen LogP contribution in [0.25, 0.3) is 0 Å². The molecule has 2 rings (SSSR count). The van der Waals surface area contributed by atoms with Crippen molar-refractivity contribution in [2.45, 2.75) is 84.1 Å². The second-order valence-corrected chi connectivity index (χ2v) is 20.6. The maximum Gasteiger partial charge on any atom is 0.261 e. The summed E-state index contributed by atoms with van der Waals surface area (Å²) in [5, 5.41) is 2.48. The van der Waals surface area contributed by atoms with Crippen LogP contribution in [0, 0.1) is 0 Å². The van der Waals surface area contributed by atoms with Crippen LogP contribution in [0.1, 0.15) is 79.1 Å². The Bertz CT molecular complexity index is 1200. The molecule has 0 N–H and O–H groups in total. The van der Waals surface area contributed by atoms with Crippen molar-refractivity contribution in [3.05, 3.63) is 60.7 Å². The molecule has 0 aliphatic heterocycles. The third-order valence-electron chi connectivity index (χ3n) is 10.2. The first kappa shape index (κ1) is 58.3. The van der Waals surface area contributed by atoms with Crippen LogP contribution in [0.5, 0.6) is 0 Å². The minimum atomic E-state index is -2.54. The van der Waals surface area contributed by atoms with E-state index in [-0.39, 0.29) is 5.04 Å². The number of rotatable bonds is 48. The summed E-state index contributed by atoms with van der Waals surface area (Å²) in [6.07, 6.45) is 10.5. The minimum Gasteiger partial charge on any atom is -0.405 e. The van der Waals surface area contributed by atoms with E-state index in [9.17, 15) is 0 Å². The maximum absolute atomic E-state index is 6.86. The highest BCUT2D eigenvalue weighted by Gasteiger charge is 2.50. The first-order chi connectivity index (χ1) is 31.5. The number of benzene rings is 2. The lowest BCUT2D eigenvalue weighted by atomic mass is 10.1. The van der Waals surface area contributed by atoms with Gasteiger partial charge in [-0.2, -0.15) is 0 Å². The van der Waals surface area contributed by atoms with Crippen LogP contribution < -0.4 is 10.4 Å². The van der Waals surface area contributed by atoms with Crippen LogP contribution in [-0.2, 0) is 61.3 Å². The van der Waals surface area contributed by atoms with Crippen molar-refractivity contribution in [2.24, 2.45) is 0 Å². The summed E-state index contributed by atoms with van der Waals surface area (Å²) in [4.78, 5) is 0. The van der Waals surface area contributed by atoms with Gasteiger partial charge < -0.3 is 61.3 Å². The fraction of sp³-hybridized carbons (Fsp3) is 0.760. The molecule has 0 fully saturated rings. The molecule has 0 saturated carbocycles. The molecule has 0 aliphatic rings. The molecular formula is C50H88O13Si. The van der Waals surface area contributed by atoms with Gasteiger partial charge in [0.25, 0.3) is 8.32 Å². The second kappa shape index (κ2) is 42.5. The lowest BCUT2D eigenvalue weighted by molar-refractivity contribution is -0.0285. The van der Waals surface area contributed by atoms with E-state index >= 15 is 0 Å². The van der Waals surface area contributed by atoms with Crippen LogP contribution in [-0.4, -0.2) is 173 Å². The minimum absolute atomic E-state index is 0.0583. The van der Waals surface area contributed by atoms with Crippen LogP contribution in [0.2, 0.25) is 5.04 Å². The number of hydrogen-bond donors (Lipinski definition) is 0. The van der Waals surface area contributed by atoms with Crippen LogP contribution >= 0.6 is 0 Å². The first-order valence-corrected chi connectivity index (χ1v) is 26.1. The summed E-state index contributed by atoms with van der Waals surface area (Å²) >= 11 is 0. The average Bonchev–Trinajstić information content (AvgIpc) is 3.30. The third-order valence-corrected chi connectivity index (χ3v) is 15.2. The molecule has 13 nitrogen and oxygen atoms in total. The molecule has 2 aromatic carbocycles. The summed E-state index contributed by atoms with van der Waals surface area (Å²) < 4.78 is 74.0. The van der Waals surface area contributed by atoms with Gasteiger partial charge in [0.2, 0.25) is 0 Å². The molecule has 0 aromatic heterocycles. The van der Waals surface area contributed by atoms with Gasteiger partial charge in [0.15, 0.2) is 0 Å². The smallest absolute Gasteiger partial charge is 0.261 e. The Balaban J connectivity index is 1.22. The Morgan fingerprint density at radius 1 is 0.297 bits per heavy atom. The summed E-state index contributed by atoms with van der Waals surface area (Å²) in [5.41, 5.74) is 0. The molecule has 0 unspecified atom stereocenters. The molecule has 370 valence electrons. The van der Waals surface area contributed by atoms with Crippen molar-refractivity contribution in [1.82, 2.24) is 0 Å². The van der Waals surface area contributed by atoms with E-state index in [1.807, 2.05) is 0 Å². The summed E-state index contributed by atoms with van der Waals surface area (Å²) in [6.45, 7) is 22.5. The molecule has 0 spiro atoms. The van der Waals surface area contributed by atoms with Crippen molar-refractivity contribution < 1.29 is 61.3 Å². The maximum atomic E-state index is 6.86. The Morgan fingerprint density at radius 3 is 0.797 bits per heavy atom. The number of ether oxygens (including phenoxy) is 12.